The first kappa shape index (κ1) is 13.1. The molecular weight excluding hydrogens is 212 g/mol. The standard InChI is InChI=1S/C14H26N2O/c1-11(2)12-4-5-14(3,15)13(10-12)16-6-8-17-9-7-16/h12-13H,1,4-10,15H2,2-3H3/t12-,13+,14+/m0/s1. The summed E-state index contributed by atoms with van der Waals surface area (Å²) in [5, 5.41) is 0. The quantitative estimate of drug-likeness (QED) is 0.745. The maximum Gasteiger partial charge on any atom is 0.0594 e. The van der Waals surface area contributed by atoms with Crippen LogP contribution in [0, 0.1) is 5.92 Å². The lowest BCUT2D eigenvalue weighted by Gasteiger charge is -2.48. The van der Waals surface area contributed by atoms with Gasteiger partial charge in [0.2, 0.25) is 0 Å². The number of morpholine rings is 1. The predicted molar refractivity (Wildman–Crippen MR) is 70.9 cm³/mol. The average Bonchev–Trinajstić information content (AvgIpc) is 2.29. The Morgan fingerprint density at radius 2 is 2.06 bits per heavy atom. The fourth-order valence-electron chi connectivity index (χ4n) is 3.21. The van der Waals surface area contributed by atoms with E-state index in [2.05, 4.69) is 25.3 Å². The van der Waals surface area contributed by atoms with Crippen LogP contribution >= 0.6 is 0 Å². The molecule has 1 aliphatic carbocycles. The third kappa shape index (κ3) is 2.90. The van der Waals surface area contributed by atoms with Crippen molar-refractivity contribution in [2.24, 2.45) is 11.7 Å². The third-order valence-corrected chi connectivity index (χ3v) is 4.48. The van der Waals surface area contributed by atoms with Gasteiger partial charge in [-0.05, 0) is 39.0 Å². The molecular formula is C14H26N2O. The van der Waals surface area contributed by atoms with Crippen molar-refractivity contribution in [1.29, 1.82) is 0 Å². The first-order valence-corrected chi connectivity index (χ1v) is 6.77. The maximum absolute atomic E-state index is 6.50. The fourth-order valence-corrected chi connectivity index (χ4v) is 3.21. The minimum Gasteiger partial charge on any atom is -0.379 e. The van der Waals surface area contributed by atoms with Gasteiger partial charge in [-0.2, -0.15) is 0 Å². The smallest absolute Gasteiger partial charge is 0.0594 e. The van der Waals surface area contributed by atoms with E-state index in [1.54, 1.807) is 0 Å². The van der Waals surface area contributed by atoms with E-state index in [9.17, 15) is 0 Å². The number of allylic oxidation sites excluding steroid dienone is 1. The molecule has 0 aromatic rings. The first-order chi connectivity index (χ1) is 8.00. The van der Waals surface area contributed by atoms with Crippen molar-refractivity contribution in [3.8, 4) is 0 Å². The molecule has 3 atom stereocenters. The number of ether oxygens (including phenoxy) is 1. The maximum atomic E-state index is 6.50. The van der Waals surface area contributed by atoms with E-state index in [-0.39, 0.29) is 5.54 Å². The molecule has 17 heavy (non-hydrogen) atoms. The lowest BCUT2D eigenvalue weighted by molar-refractivity contribution is -0.0165. The van der Waals surface area contributed by atoms with Crippen molar-refractivity contribution in [3.63, 3.8) is 0 Å². The van der Waals surface area contributed by atoms with Crippen LogP contribution in [0.2, 0.25) is 0 Å². The number of hydrogen-bond donors (Lipinski definition) is 1. The van der Waals surface area contributed by atoms with Gasteiger partial charge in [0.1, 0.15) is 0 Å². The Balaban J connectivity index is 2.06. The normalized spacial score (nSPS) is 40.2. The Kier molecular flexibility index (Phi) is 3.91. The number of nitrogens with zero attached hydrogens (tertiary/aromatic N) is 1. The van der Waals surface area contributed by atoms with Gasteiger partial charge in [-0.1, -0.05) is 12.2 Å². The topological polar surface area (TPSA) is 38.5 Å². The van der Waals surface area contributed by atoms with Crippen LogP contribution in [0.1, 0.15) is 33.1 Å². The SMILES string of the molecule is C=C(C)[C@H]1CC[C@@](C)(N)[C@H](N2CCOCC2)C1. The summed E-state index contributed by atoms with van der Waals surface area (Å²) in [7, 11) is 0. The summed E-state index contributed by atoms with van der Waals surface area (Å²) in [6.07, 6.45) is 3.47. The molecule has 2 N–H and O–H groups in total. The Bertz CT molecular complexity index is 282. The van der Waals surface area contributed by atoms with Crippen LogP contribution in [-0.4, -0.2) is 42.8 Å². The van der Waals surface area contributed by atoms with E-state index in [1.165, 1.54) is 18.4 Å². The van der Waals surface area contributed by atoms with Crippen molar-refractivity contribution in [1.82, 2.24) is 4.90 Å². The van der Waals surface area contributed by atoms with E-state index >= 15 is 0 Å². The molecule has 0 amide bonds. The molecule has 2 rings (SSSR count). The summed E-state index contributed by atoms with van der Waals surface area (Å²) in [6.45, 7) is 12.2. The molecule has 0 aromatic heterocycles. The molecule has 0 radical (unpaired) electrons. The van der Waals surface area contributed by atoms with Gasteiger partial charge in [0.25, 0.3) is 0 Å². The molecule has 0 aromatic carbocycles. The van der Waals surface area contributed by atoms with Crippen LogP contribution in [0.5, 0.6) is 0 Å². The van der Waals surface area contributed by atoms with Gasteiger partial charge in [0, 0.05) is 24.7 Å². The minimum absolute atomic E-state index is 0.0523. The number of nitrogens with two attached hydrogens (primary N) is 1. The van der Waals surface area contributed by atoms with Crippen LogP contribution < -0.4 is 5.73 Å². The van der Waals surface area contributed by atoms with Gasteiger partial charge in [0.05, 0.1) is 13.2 Å². The Morgan fingerprint density at radius 3 is 2.65 bits per heavy atom. The molecule has 1 heterocycles. The molecule has 0 bridgehead atoms. The summed E-state index contributed by atoms with van der Waals surface area (Å²) in [5.74, 6) is 0.652. The molecule has 2 fully saturated rings. The van der Waals surface area contributed by atoms with Gasteiger partial charge in [-0.15, -0.1) is 0 Å². The predicted octanol–water partition coefficient (Wildman–Crippen LogP) is 1.78. The molecule has 1 aliphatic heterocycles. The van der Waals surface area contributed by atoms with Crippen molar-refractivity contribution < 1.29 is 4.74 Å². The van der Waals surface area contributed by atoms with Gasteiger partial charge >= 0.3 is 0 Å². The Hall–Kier alpha value is -0.380. The molecule has 0 unspecified atom stereocenters. The average molecular weight is 238 g/mol. The minimum atomic E-state index is -0.0523. The molecule has 2 aliphatic rings. The van der Waals surface area contributed by atoms with Crippen LogP contribution in [0.25, 0.3) is 0 Å². The highest BCUT2D eigenvalue weighted by Crippen LogP contribution is 2.36. The molecule has 1 saturated carbocycles. The second-order valence-electron chi connectivity index (χ2n) is 5.99. The summed E-state index contributed by atoms with van der Waals surface area (Å²) in [4.78, 5) is 2.53. The zero-order chi connectivity index (χ0) is 12.5. The zero-order valence-electron chi connectivity index (χ0n) is 11.2. The van der Waals surface area contributed by atoms with Crippen LogP contribution in [0.15, 0.2) is 12.2 Å². The summed E-state index contributed by atoms with van der Waals surface area (Å²) in [5.41, 5.74) is 7.77. The van der Waals surface area contributed by atoms with Gasteiger partial charge < -0.3 is 10.5 Å². The zero-order valence-corrected chi connectivity index (χ0v) is 11.2. The Morgan fingerprint density at radius 1 is 1.41 bits per heavy atom. The van der Waals surface area contributed by atoms with E-state index in [4.69, 9.17) is 10.5 Å². The molecule has 3 nitrogen and oxygen atoms in total. The molecule has 1 saturated heterocycles. The van der Waals surface area contributed by atoms with Crippen LogP contribution in [-0.2, 0) is 4.74 Å². The summed E-state index contributed by atoms with van der Waals surface area (Å²) in [6, 6.07) is 0.488. The van der Waals surface area contributed by atoms with Crippen molar-refractivity contribution in [2.45, 2.75) is 44.7 Å². The molecule has 98 valence electrons. The van der Waals surface area contributed by atoms with E-state index in [0.717, 1.165) is 32.7 Å². The highest BCUT2D eigenvalue weighted by Gasteiger charge is 2.40. The number of hydrogen-bond acceptors (Lipinski definition) is 3. The largest absolute Gasteiger partial charge is 0.379 e. The second-order valence-corrected chi connectivity index (χ2v) is 5.99. The highest BCUT2D eigenvalue weighted by molar-refractivity contribution is 5.07. The van der Waals surface area contributed by atoms with Gasteiger partial charge in [-0.3, -0.25) is 4.90 Å². The van der Waals surface area contributed by atoms with Crippen molar-refractivity contribution >= 4 is 0 Å². The van der Waals surface area contributed by atoms with Crippen LogP contribution in [0.3, 0.4) is 0 Å². The fraction of sp³-hybridized carbons (Fsp3) is 0.857. The lowest BCUT2D eigenvalue weighted by Crippen LogP contribution is -2.61. The third-order valence-electron chi connectivity index (χ3n) is 4.48. The highest BCUT2D eigenvalue weighted by atomic mass is 16.5. The second kappa shape index (κ2) is 5.09. The van der Waals surface area contributed by atoms with E-state index in [0.29, 0.717) is 12.0 Å². The van der Waals surface area contributed by atoms with E-state index < -0.39 is 0 Å². The van der Waals surface area contributed by atoms with Gasteiger partial charge in [-0.25, -0.2) is 0 Å². The van der Waals surface area contributed by atoms with Gasteiger partial charge in [0.15, 0.2) is 0 Å². The lowest BCUT2D eigenvalue weighted by atomic mass is 9.71. The monoisotopic (exact) mass is 238 g/mol. The van der Waals surface area contributed by atoms with Crippen molar-refractivity contribution in [3.05, 3.63) is 12.2 Å². The first-order valence-electron chi connectivity index (χ1n) is 6.77. The van der Waals surface area contributed by atoms with E-state index in [1.807, 2.05) is 0 Å². The molecule has 0 spiro atoms. The Labute approximate surface area is 105 Å². The number of rotatable bonds is 2. The van der Waals surface area contributed by atoms with Crippen LogP contribution in [0.4, 0.5) is 0 Å². The molecule has 3 heteroatoms. The summed E-state index contributed by atoms with van der Waals surface area (Å²) < 4.78 is 5.43. The summed E-state index contributed by atoms with van der Waals surface area (Å²) >= 11 is 0. The van der Waals surface area contributed by atoms with Crippen molar-refractivity contribution in [2.75, 3.05) is 26.3 Å².